The lowest BCUT2D eigenvalue weighted by molar-refractivity contribution is 0.0950. The summed E-state index contributed by atoms with van der Waals surface area (Å²) in [4.78, 5) is 16.2. The molecule has 1 aromatic carbocycles. The normalized spacial score (nSPS) is 11.5. The van der Waals surface area contributed by atoms with Crippen molar-refractivity contribution in [3.05, 3.63) is 58.3 Å². The fraction of sp³-hybridized carbons (Fsp3) is 0.200. The third-order valence-corrected chi connectivity index (χ3v) is 5.49. The van der Waals surface area contributed by atoms with Crippen LogP contribution in [0, 0.1) is 0 Å². The molecule has 2 aromatic rings. The Balaban J connectivity index is 2.20. The Labute approximate surface area is 143 Å². The minimum atomic E-state index is -3.56. The Morgan fingerprint density at radius 2 is 1.96 bits per heavy atom. The first-order valence-electron chi connectivity index (χ1n) is 6.71. The van der Waals surface area contributed by atoms with Gasteiger partial charge in [-0.05, 0) is 33.6 Å². The fourth-order valence-electron chi connectivity index (χ4n) is 1.91. The van der Waals surface area contributed by atoms with Crippen LogP contribution in [0.15, 0.2) is 52.1 Å². The highest BCUT2D eigenvalue weighted by Crippen LogP contribution is 2.18. The molecular weight excluding hydrogens is 382 g/mol. The summed E-state index contributed by atoms with van der Waals surface area (Å²) in [5, 5.41) is 2.71. The van der Waals surface area contributed by atoms with Crippen molar-refractivity contribution in [1.82, 2.24) is 14.6 Å². The van der Waals surface area contributed by atoms with Crippen LogP contribution in [-0.2, 0) is 16.6 Å². The summed E-state index contributed by atoms with van der Waals surface area (Å²) >= 11 is 3.25. The van der Waals surface area contributed by atoms with Gasteiger partial charge in [0, 0.05) is 37.5 Å². The third-order valence-electron chi connectivity index (χ3n) is 3.14. The van der Waals surface area contributed by atoms with E-state index in [0.717, 1.165) is 4.31 Å². The molecule has 0 fully saturated rings. The number of nitrogens with one attached hydrogen (secondary N) is 1. The van der Waals surface area contributed by atoms with E-state index >= 15 is 0 Å². The maximum Gasteiger partial charge on any atom is 0.253 e. The van der Waals surface area contributed by atoms with Crippen LogP contribution in [0.1, 0.15) is 15.9 Å². The van der Waals surface area contributed by atoms with Crippen LogP contribution in [0.4, 0.5) is 0 Å². The molecule has 1 aromatic heterocycles. The van der Waals surface area contributed by atoms with Gasteiger partial charge in [-0.3, -0.25) is 9.78 Å². The Hall–Kier alpha value is -1.77. The van der Waals surface area contributed by atoms with Crippen molar-refractivity contribution in [3.63, 3.8) is 0 Å². The lowest BCUT2D eigenvalue weighted by Gasteiger charge is -2.15. The van der Waals surface area contributed by atoms with Gasteiger partial charge < -0.3 is 5.32 Å². The number of halogens is 1. The van der Waals surface area contributed by atoms with Gasteiger partial charge in [0.05, 0.1) is 10.5 Å². The molecule has 0 atom stereocenters. The van der Waals surface area contributed by atoms with E-state index in [2.05, 4.69) is 26.2 Å². The summed E-state index contributed by atoms with van der Waals surface area (Å²) in [5.74, 6) is -0.323. The van der Waals surface area contributed by atoms with E-state index < -0.39 is 10.0 Å². The van der Waals surface area contributed by atoms with E-state index in [-0.39, 0.29) is 17.3 Å². The number of benzene rings is 1. The SMILES string of the molecule is CN(C)S(=O)(=O)c1ccccc1CNC(=O)c1cncc(Br)c1. The molecule has 0 aliphatic heterocycles. The van der Waals surface area contributed by atoms with Crippen LogP contribution >= 0.6 is 15.9 Å². The highest BCUT2D eigenvalue weighted by molar-refractivity contribution is 9.10. The summed E-state index contributed by atoms with van der Waals surface area (Å²) in [6.45, 7) is 0.106. The second-order valence-electron chi connectivity index (χ2n) is 4.97. The third kappa shape index (κ3) is 4.15. The number of rotatable bonds is 5. The molecule has 0 saturated carbocycles. The molecule has 1 heterocycles. The van der Waals surface area contributed by atoms with Gasteiger partial charge in [0.1, 0.15) is 0 Å². The first-order valence-corrected chi connectivity index (χ1v) is 8.95. The number of aromatic nitrogens is 1. The molecule has 0 spiro atoms. The zero-order valence-electron chi connectivity index (χ0n) is 12.7. The van der Waals surface area contributed by atoms with Crippen molar-refractivity contribution in [2.24, 2.45) is 0 Å². The fourth-order valence-corrected chi connectivity index (χ4v) is 3.39. The van der Waals surface area contributed by atoms with Crippen molar-refractivity contribution in [2.45, 2.75) is 11.4 Å². The average Bonchev–Trinajstić information content (AvgIpc) is 2.52. The largest absolute Gasteiger partial charge is 0.348 e. The molecule has 0 radical (unpaired) electrons. The Morgan fingerprint density at radius 3 is 2.61 bits per heavy atom. The quantitative estimate of drug-likeness (QED) is 0.836. The number of carbonyl (C=O) groups excluding carboxylic acids is 1. The van der Waals surface area contributed by atoms with Crippen LogP contribution in [-0.4, -0.2) is 37.7 Å². The van der Waals surface area contributed by atoms with E-state index in [9.17, 15) is 13.2 Å². The van der Waals surface area contributed by atoms with Crippen LogP contribution < -0.4 is 5.32 Å². The lowest BCUT2D eigenvalue weighted by Crippen LogP contribution is -2.27. The smallest absolute Gasteiger partial charge is 0.253 e. The van der Waals surface area contributed by atoms with Gasteiger partial charge in [0.2, 0.25) is 10.0 Å². The van der Waals surface area contributed by atoms with Crippen molar-refractivity contribution in [1.29, 1.82) is 0 Å². The molecule has 2 rings (SSSR count). The van der Waals surface area contributed by atoms with Crippen molar-refractivity contribution < 1.29 is 13.2 Å². The Bertz CT molecular complexity index is 822. The van der Waals surface area contributed by atoms with E-state index in [1.54, 1.807) is 30.5 Å². The minimum absolute atomic E-state index is 0.106. The predicted octanol–water partition coefficient (Wildman–Crippen LogP) is 2.02. The van der Waals surface area contributed by atoms with E-state index in [1.165, 1.54) is 26.4 Å². The van der Waals surface area contributed by atoms with Crippen LogP contribution in [0.3, 0.4) is 0 Å². The maximum absolute atomic E-state index is 12.3. The van der Waals surface area contributed by atoms with Crippen LogP contribution in [0.2, 0.25) is 0 Å². The molecule has 122 valence electrons. The van der Waals surface area contributed by atoms with Crippen LogP contribution in [0.25, 0.3) is 0 Å². The monoisotopic (exact) mass is 397 g/mol. The number of hydrogen-bond acceptors (Lipinski definition) is 4. The number of pyridine rings is 1. The molecular formula is C15H16BrN3O3S. The summed E-state index contributed by atoms with van der Waals surface area (Å²) in [7, 11) is -0.624. The predicted molar refractivity (Wildman–Crippen MR) is 90.4 cm³/mol. The van der Waals surface area contributed by atoms with Gasteiger partial charge in [-0.15, -0.1) is 0 Å². The number of amides is 1. The summed E-state index contributed by atoms with van der Waals surface area (Å²) < 4.78 is 26.5. The number of nitrogens with zero attached hydrogens (tertiary/aromatic N) is 2. The van der Waals surface area contributed by atoms with Crippen molar-refractivity contribution in [2.75, 3.05) is 14.1 Å². The molecule has 0 aliphatic rings. The molecule has 0 bridgehead atoms. The Kier molecular flexibility index (Phi) is 5.51. The first-order chi connectivity index (χ1) is 10.8. The second kappa shape index (κ2) is 7.20. The first kappa shape index (κ1) is 17.6. The zero-order valence-corrected chi connectivity index (χ0v) is 15.1. The van der Waals surface area contributed by atoms with Gasteiger partial charge >= 0.3 is 0 Å². The van der Waals surface area contributed by atoms with Crippen molar-refractivity contribution >= 4 is 31.9 Å². The van der Waals surface area contributed by atoms with E-state index in [0.29, 0.717) is 15.6 Å². The van der Waals surface area contributed by atoms with Gasteiger partial charge in [0.25, 0.3) is 5.91 Å². The average molecular weight is 398 g/mol. The van der Waals surface area contributed by atoms with Gasteiger partial charge in [-0.2, -0.15) is 0 Å². The number of hydrogen-bond donors (Lipinski definition) is 1. The highest BCUT2D eigenvalue weighted by Gasteiger charge is 2.20. The molecule has 8 heteroatoms. The maximum atomic E-state index is 12.3. The second-order valence-corrected chi connectivity index (χ2v) is 8.01. The lowest BCUT2D eigenvalue weighted by atomic mass is 10.2. The molecule has 23 heavy (non-hydrogen) atoms. The highest BCUT2D eigenvalue weighted by atomic mass is 79.9. The summed E-state index contributed by atoms with van der Waals surface area (Å²) in [6, 6.07) is 8.23. The molecule has 1 amide bonds. The molecule has 0 unspecified atom stereocenters. The summed E-state index contributed by atoms with van der Waals surface area (Å²) in [5.41, 5.74) is 0.921. The van der Waals surface area contributed by atoms with Gasteiger partial charge in [-0.1, -0.05) is 18.2 Å². The van der Waals surface area contributed by atoms with E-state index in [1.807, 2.05) is 0 Å². The molecule has 1 N–H and O–H groups in total. The minimum Gasteiger partial charge on any atom is -0.348 e. The van der Waals surface area contributed by atoms with Gasteiger partial charge in [0.15, 0.2) is 0 Å². The van der Waals surface area contributed by atoms with E-state index in [4.69, 9.17) is 0 Å². The number of carbonyl (C=O) groups is 1. The Morgan fingerprint density at radius 1 is 1.26 bits per heavy atom. The molecule has 0 aliphatic carbocycles. The van der Waals surface area contributed by atoms with Crippen molar-refractivity contribution in [3.8, 4) is 0 Å². The number of sulfonamides is 1. The van der Waals surface area contributed by atoms with Crippen LogP contribution in [0.5, 0.6) is 0 Å². The van der Waals surface area contributed by atoms with Gasteiger partial charge in [-0.25, -0.2) is 12.7 Å². The zero-order chi connectivity index (χ0) is 17.0. The summed E-state index contributed by atoms with van der Waals surface area (Å²) in [6.07, 6.45) is 3.03. The standard InChI is InChI=1S/C15H16BrN3O3S/c1-19(2)23(21,22)14-6-4-3-5-11(14)9-18-15(20)12-7-13(16)10-17-8-12/h3-8,10H,9H2,1-2H3,(H,18,20). The molecule has 0 saturated heterocycles. The topological polar surface area (TPSA) is 79.4 Å². The molecule has 6 nitrogen and oxygen atoms in total.